The summed E-state index contributed by atoms with van der Waals surface area (Å²) in [4.78, 5) is 7.28. The fourth-order valence-corrected chi connectivity index (χ4v) is 3.38. The number of thiazole rings is 1. The van der Waals surface area contributed by atoms with Crippen LogP contribution >= 0.6 is 27.3 Å². The van der Waals surface area contributed by atoms with Gasteiger partial charge in [-0.2, -0.15) is 0 Å². The van der Waals surface area contributed by atoms with Crippen LogP contribution in [0.3, 0.4) is 0 Å². The molecule has 2 N–H and O–H groups in total. The van der Waals surface area contributed by atoms with Crippen LogP contribution in [0.1, 0.15) is 0 Å². The van der Waals surface area contributed by atoms with Crippen LogP contribution < -0.4 is 0 Å². The Hall–Kier alpha value is -2.25. The van der Waals surface area contributed by atoms with Gasteiger partial charge in [0.15, 0.2) is 5.69 Å². The fraction of sp³-hybridized carbons (Fsp3) is 0. The van der Waals surface area contributed by atoms with Crippen LogP contribution in [-0.4, -0.2) is 15.1 Å². The molecule has 7 heteroatoms. The first-order chi connectivity index (χ1) is 10.7. The highest BCUT2D eigenvalue weighted by molar-refractivity contribution is 9.10. The van der Waals surface area contributed by atoms with Crippen LogP contribution in [-0.2, 0) is 0 Å². The molecule has 0 fully saturated rings. The first-order valence-corrected chi connectivity index (χ1v) is 8.09. The summed E-state index contributed by atoms with van der Waals surface area (Å²) in [5, 5.41) is 19.7. The maximum absolute atomic E-state index is 10.0. The second-order valence-electron chi connectivity index (χ2n) is 4.68. The number of fused-ring (bicyclic) bond motifs is 2. The van der Waals surface area contributed by atoms with Crippen LogP contribution in [0.25, 0.3) is 21.1 Å². The van der Waals surface area contributed by atoms with E-state index in [2.05, 4.69) is 36.1 Å². The minimum atomic E-state index is -0.00189. The lowest BCUT2D eigenvalue weighted by atomic mass is 10.2. The standard InChI is InChI=1S/C15H9BrN4OS/c16-8-5-6-10-9(7-8)13(14(21)17-10)19-20-15-18-11-3-1-2-4-12(11)22-15/h1-7,17,21H. The lowest BCUT2D eigenvalue weighted by Crippen LogP contribution is -1.67. The molecule has 5 nitrogen and oxygen atoms in total. The third-order valence-electron chi connectivity index (χ3n) is 3.23. The van der Waals surface area contributed by atoms with E-state index in [1.165, 1.54) is 11.3 Å². The average Bonchev–Trinajstić information content (AvgIpc) is 3.05. The van der Waals surface area contributed by atoms with Gasteiger partial charge in [-0.1, -0.05) is 39.4 Å². The number of azo groups is 1. The summed E-state index contributed by atoms with van der Waals surface area (Å²) in [6.07, 6.45) is 0. The van der Waals surface area contributed by atoms with Crippen LogP contribution in [0.5, 0.6) is 5.88 Å². The summed E-state index contributed by atoms with van der Waals surface area (Å²) in [7, 11) is 0. The van der Waals surface area contributed by atoms with Crippen molar-refractivity contribution < 1.29 is 5.11 Å². The molecule has 2 aromatic heterocycles. The zero-order valence-corrected chi connectivity index (χ0v) is 13.5. The van der Waals surface area contributed by atoms with Gasteiger partial charge in [-0.15, -0.1) is 10.2 Å². The van der Waals surface area contributed by atoms with E-state index >= 15 is 0 Å². The van der Waals surface area contributed by atoms with Crippen molar-refractivity contribution >= 4 is 59.2 Å². The molecule has 0 aliphatic heterocycles. The number of benzene rings is 2. The highest BCUT2D eigenvalue weighted by Gasteiger charge is 2.11. The van der Waals surface area contributed by atoms with Crippen molar-refractivity contribution in [1.82, 2.24) is 9.97 Å². The van der Waals surface area contributed by atoms with Crippen LogP contribution in [0.4, 0.5) is 10.8 Å². The van der Waals surface area contributed by atoms with E-state index in [1.807, 2.05) is 42.5 Å². The van der Waals surface area contributed by atoms with Gasteiger partial charge in [-0.3, -0.25) is 0 Å². The highest BCUT2D eigenvalue weighted by Crippen LogP contribution is 2.38. The fourth-order valence-electron chi connectivity index (χ4n) is 2.23. The number of hydrogen-bond donors (Lipinski definition) is 2. The number of halogens is 1. The first-order valence-electron chi connectivity index (χ1n) is 6.48. The number of aromatic amines is 1. The van der Waals surface area contributed by atoms with E-state index in [1.54, 1.807) is 0 Å². The average molecular weight is 373 g/mol. The minimum absolute atomic E-state index is 0.00189. The van der Waals surface area contributed by atoms with E-state index in [9.17, 15) is 5.11 Å². The molecule has 0 unspecified atom stereocenters. The van der Waals surface area contributed by atoms with Crippen LogP contribution in [0, 0.1) is 0 Å². The predicted octanol–water partition coefficient (Wildman–Crippen LogP) is 5.66. The number of aromatic nitrogens is 2. The van der Waals surface area contributed by atoms with Crippen LogP contribution in [0.15, 0.2) is 57.2 Å². The number of para-hydroxylation sites is 1. The molecule has 0 amide bonds. The Morgan fingerprint density at radius 2 is 2.00 bits per heavy atom. The summed E-state index contributed by atoms with van der Waals surface area (Å²) in [5.74, 6) is -0.00189. The maximum atomic E-state index is 10.0. The van der Waals surface area contributed by atoms with Gasteiger partial charge in [-0.05, 0) is 30.3 Å². The van der Waals surface area contributed by atoms with E-state index < -0.39 is 0 Å². The molecule has 0 aliphatic carbocycles. The van der Waals surface area contributed by atoms with E-state index in [0.717, 1.165) is 25.6 Å². The number of hydrogen-bond acceptors (Lipinski definition) is 5. The second kappa shape index (κ2) is 5.19. The van der Waals surface area contributed by atoms with Gasteiger partial charge in [0.05, 0.1) is 15.7 Å². The zero-order chi connectivity index (χ0) is 15.1. The van der Waals surface area contributed by atoms with Gasteiger partial charge in [0.25, 0.3) is 0 Å². The Morgan fingerprint density at radius 3 is 2.86 bits per heavy atom. The summed E-state index contributed by atoms with van der Waals surface area (Å²) >= 11 is 4.88. The number of nitrogens with one attached hydrogen (secondary N) is 1. The first kappa shape index (κ1) is 13.4. The van der Waals surface area contributed by atoms with Crippen molar-refractivity contribution in [3.8, 4) is 5.88 Å². The van der Waals surface area contributed by atoms with Gasteiger partial charge < -0.3 is 10.1 Å². The topological polar surface area (TPSA) is 73.6 Å². The van der Waals surface area contributed by atoms with E-state index in [-0.39, 0.29) is 5.88 Å². The Balaban J connectivity index is 1.79. The molecular weight excluding hydrogens is 364 g/mol. The molecular formula is C15H9BrN4OS. The quantitative estimate of drug-likeness (QED) is 0.445. The molecule has 108 valence electrons. The third kappa shape index (κ3) is 2.28. The summed E-state index contributed by atoms with van der Waals surface area (Å²) < 4.78 is 1.97. The highest BCUT2D eigenvalue weighted by atomic mass is 79.9. The summed E-state index contributed by atoms with van der Waals surface area (Å²) in [6, 6.07) is 13.5. The number of H-pyrrole nitrogens is 1. The number of nitrogens with zero attached hydrogens (tertiary/aromatic N) is 3. The Bertz CT molecular complexity index is 988. The van der Waals surface area contributed by atoms with E-state index in [0.29, 0.717) is 10.8 Å². The lowest BCUT2D eigenvalue weighted by molar-refractivity contribution is 0.459. The third-order valence-corrected chi connectivity index (χ3v) is 4.65. The Morgan fingerprint density at radius 1 is 1.14 bits per heavy atom. The molecule has 22 heavy (non-hydrogen) atoms. The molecule has 2 heterocycles. The van der Waals surface area contributed by atoms with Gasteiger partial charge in [0, 0.05) is 9.86 Å². The lowest BCUT2D eigenvalue weighted by Gasteiger charge is -1.92. The van der Waals surface area contributed by atoms with E-state index in [4.69, 9.17) is 0 Å². The molecule has 2 aromatic carbocycles. The van der Waals surface area contributed by atoms with Crippen LogP contribution in [0.2, 0.25) is 0 Å². The monoisotopic (exact) mass is 372 g/mol. The molecule has 0 spiro atoms. The van der Waals surface area contributed by atoms with Gasteiger partial charge >= 0.3 is 0 Å². The molecule has 0 bridgehead atoms. The molecule has 0 atom stereocenters. The summed E-state index contributed by atoms with van der Waals surface area (Å²) in [6.45, 7) is 0. The van der Waals surface area contributed by atoms with Gasteiger partial charge in [0.1, 0.15) is 0 Å². The molecule has 0 radical (unpaired) electrons. The van der Waals surface area contributed by atoms with Crippen molar-refractivity contribution in [2.45, 2.75) is 0 Å². The van der Waals surface area contributed by atoms with Gasteiger partial charge in [-0.25, -0.2) is 4.98 Å². The normalized spacial score (nSPS) is 11.9. The van der Waals surface area contributed by atoms with Gasteiger partial charge in [0.2, 0.25) is 11.0 Å². The summed E-state index contributed by atoms with van der Waals surface area (Å²) in [5.41, 5.74) is 2.11. The van der Waals surface area contributed by atoms with Crippen molar-refractivity contribution in [2.75, 3.05) is 0 Å². The predicted molar refractivity (Wildman–Crippen MR) is 91.5 cm³/mol. The molecule has 0 aliphatic rings. The SMILES string of the molecule is Oc1[nH]c2ccc(Br)cc2c1N=Nc1nc2ccccc2s1. The molecule has 4 rings (SSSR count). The largest absolute Gasteiger partial charge is 0.493 e. The zero-order valence-electron chi connectivity index (χ0n) is 11.1. The Labute approximate surface area is 137 Å². The second-order valence-corrected chi connectivity index (χ2v) is 6.60. The molecule has 0 saturated heterocycles. The van der Waals surface area contributed by atoms with Crippen molar-refractivity contribution in [3.63, 3.8) is 0 Å². The molecule has 4 aromatic rings. The molecule has 0 saturated carbocycles. The smallest absolute Gasteiger partial charge is 0.231 e. The van der Waals surface area contributed by atoms with Crippen molar-refractivity contribution in [1.29, 1.82) is 0 Å². The maximum Gasteiger partial charge on any atom is 0.231 e. The van der Waals surface area contributed by atoms with Crippen molar-refractivity contribution in [3.05, 3.63) is 46.9 Å². The van der Waals surface area contributed by atoms with Crippen molar-refractivity contribution in [2.24, 2.45) is 10.2 Å². The Kier molecular flexibility index (Phi) is 3.16. The minimum Gasteiger partial charge on any atom is -0.493 e. The number of rotatable bonds is 2. The number of aromatic hydroxyl groups is 1.